The third-order valence-corrected chi connectivity index (χ3v) is 2.90. The highest BCUT2D eigenvalue weighted by Crippen LogP contribution is 2.29. The maximum Gasteiger partial charge on any atom is 0.573 e. The van der Waals surface area contributed by atoms with Crippen molar-refractivity contribution in [3.8, 4) is 29.0 Å². The van der Waals surface area contributed by atoms with Gasteiger partial charge in [-0.3, -0.25) is 0 Å². The van der Waals surface area contributed by atoms with Crippen LogP contribution in [-0.4, -0.2) is 6.36 Å². The summed E-state index contributed by atoms with van der Waals surface area (Å²) >= 11 is 0. The highest BCUT2D eigenvalue weighted by atomic mass is 19.4. The molecule has 0 saturated carbocycles. The average Bonchev–Trinajstić information content (AvgIpc) is 2.52. The number of rotatable bonds is 3. The van der Waals surface area contributed by atoms with E-state index in [1.165, 1.54) is 30.3 Å². The molecule has 0 aliphatic heterocycles. The zero-order chi connectivity index (χ0) is 16.9. The third kappa shape index (κ3) is 4.36. The lowest BCUT2D eigenvalue weighted by Gasteiger charge is -2.10. The predicted molar refractivity (Wildman–Crippen MR) is 77.8 cm³/mol. The lowest BCUT2D eigenvalue weighted by molar-refractivity contribution is -0.274. The average molecular weight is 314 g/mol. The molecule has 23 heavy (non-hydrogen) atoms. The van der Waals surface area contributed by atoms with Crippen LogP contribution in [0.1, 0.15) is 5.56 Å². The molecule has 3 nitrogen and oxygen atoms in total. The fourth-order valence-corrected chi connectivity index (χ4v) is 1.97. The Balaban J connectivity index is 2.39. The van der Waals surface area contributed by atoms with Crippen molar-refractivity contribution in [3.63, 3.8) is 0 Å². The summed E-state index contributed by atoms with van der Waals surface area (Å²) in [5, 5.41) is 17.7. The van der Waals surface area contributed by atoms with Crippen LogP contribution in [0.4, 0.5) is 13.2 Å². The minimum atomic E-state index is -4.74. The Morgan fingerprint density at radius 1 is 0.957 bits per heavy atom. The van der Waals surface area contributed by atoms with Crippen molar-refractivity contribution in [1.29, 1.82) is 10.5 Å². The number of ether oxygens (including phenoxy) is 1. The van der Waals surface area contributed by atoms with E-state index in [1.54, 1.807) is 36.4 Å². The first-order valence-electron chi connectivity index (χ1n) is 6.40. The third-order valence-electron chi connectivity index (χ3n) is 2.90. The maximum absolute atomic E-state index is 12.2. The Morgan fingerprint density at radius 2 is 1.57 bits per heavy atom. The first kappa shape index (κ1) is 16.1. The molecular weight excluding hydrogens is 305 g/mol. The van der Waals surface area contributed by atoms with Crippen molar-refractivity contribution in [3.05, 3.63) is 59.7 Å². The van der Waals surface area contributed by atoms with Gasteiger partial charge >= 0.3 is 6.36 Å². The number of hydrogen-bond acceptors (Lipinski definition) is 3. The first-order chi connectivity index (χ1) is 10.9. The van der Waals surface area contributed by atoms with Crippen LogP contribution < -0.4 is 4.74 Å². The van der Waals surface area contributed by atoms with E-state index in [9.17, 15) is 13.2 Å². The molecule has 114 valence electrons. The number of nitrogens with zero attached hydrogens (tertiary/aromatic N) is 2. The van der Waals surface area contributed by atoms with Gasteiger partial charge in [0.1, 0.15) is 23.5 Å². The smallest absolute Gasteiger partial charge is 0.406 e. The van der Waals surface area contributed by atoms with E-state index in [4.69, 9.17) is 10.5 Å². The summed E-state index contributed by atoms with van der Waals surface area (Å²) in [7, 11) is 0. The Labute approximate surface area is 130 Å². The van der Waals surface area contributed by atoms with Crippen molar-refractivity contribution in [1.82, 2.24) is 0 Å². The quantitative estimate of drug-likeness (QED) is 0.773. The minimum absolute atomic E-state index is 0.0607. The van der Waals surface area contributed by atoms with Crippen LogP contribution in [0.25, 0.3) is 17.2 Å². The summed E-state index contributed by atoms with van der Waals surface area (Å²) in [5.74, 6) is -0.316. The van der Waals surface area contributed by atoms with Crippen molar-refractivity contribution >= 4 is 6.08 Å². The van der Waals surface area contributed by atoms with E-state index in [0.717, 1.165) is 0 Å². The number of alkyl halides is 3. The van der Waals surface area contributed by atoms with Crippen molar-refractivity contribution in [2.45, 2.75) is 6.36 Å². The van der Waals surface area contributed by atoms with Crippen LogP contribution in [0.5, 0.6) is 5.75 Å². The monoisotopic (exact) mass is 314 g/mol. The standard InChI is InChI=1S/C17H9F3N2O/c18-17(19,20)23-15-7-5-13(6-8-15)16-4-2-1-3-14(16)9-12(10-21)11-22/h1-9H. The second-order valence-corrected chi connectivity index (χ2v) is 4.44. The maximum atomic E-state index is 12.2. The normalized spacial score (nSPS) is 10.3. The summed E-state index contributed by atoms with van der Waals surface area (Å²) in [4.78, 5) is 0. The van der Waals surface area contributed by atoms with Crippen LogP contribution in [0.3, 0.4) is 0 Å². The van der Waals surface area contributed by atoms with Crippen molar-refractivity contribution in [2.75, 3.05) is 0 Å². The Hall–Kier alpha value is -3.25. The van der Waals surface area contributed by atoms with Crippen LogP contribution in [0, 0.1) is 22.7 Å². The number of hydrogen-bond donors (Lipinski definition) is 0. The first-order valence-corrected chi connectivity index (χ1v) is 6.40. The Kier molecular flexibility index (Phi) is 4.68. The second-order valence-electron chi connectivity index (χ2n) is 4.44. The van der Waals surface area contributed by atoms with E-state index in [2.05, 4.69) is 4.74 Å². The van der Waals surface area contributed by atoms with Gasteiger partial charge in [-0.2, -0.15) is 10.5 Å². The molecule has 0 radical (unpaired) electrons. The molecule has 0 spiro atoms. The molecule has 0 atom stereocenters. The zero-order valence-electron chi connectivity index (χ0n) is 11.6. The fraction of sp³-hybridized carbons (Fsp3) is 0.0588. The van der Waals surface area contributed by atoms with Crippen LogP contribution in [0.15, 0.2) is 54.1 Å². The molecule has 6 heteroatoms. The molecule has 0 unspecified atom stereocenters. The number of benzene rings is 2. The van der Waals surface area contributed by atoms with Gasteiger partial charge in [0.2, 0.25) is 0 Å². The van der Waals surface area contributed by atoms with Gasteiger partial charge in [0.25, 0.3) is 0 Å². The molecule has 0 aromatic heterocycles. The summed E-state index contributed by atoms with van der Waals surface area (Å²) in [6.45, 7) is 0. The highest BCUT2D eigenvalue weighted by molar-refractivity contribution is 5.78. The molecular formula is C17H9F3N2O. The van der Waals surface area contributed by atoms with Gasteiger partial charge in [-0.1, -0.05) is 36.4 Å². The molecule has 0 aliphatic carbocycles. The van der Waals surface area contributed by atoms with Gasteiger partial charge in [-0.15, -0.1) is 13.2 Å². The lowest BCUT2D eigenvalue weighted by Crippen LogP contribution is -2.16. The molecule has 0 amide bonds. The zero-order valence-corrected chi connectivity index (χ0v) is 11.6. The SMILES string of the molecule is N#CC(C#N)=Cc1ccccc1-c1ccc(OC(F)(F)F)cc1. The molecule has 0 bridgehead atoms. The van der Waals surface area contributed by atoms with Gasteiger partial charge in [0.05, 0.1) is 0 Å². The Bertz CT molecular complexity index is 793. The molecule has 0 saturated heterocycles. The molecule has 0 heterocycles. The van der Waals surface area contributed by atoms with Crippen LogP contribution in [-0.2, 0) is 0 Å². The number of allylic oxidation sites excluding steroid dienone is 1. The fourth-order valence-electron chi connectivity index (χ4n) is 1.97. The molecule has 2 rings (SSSR count). The van der Waals surface area contributed by atoms with E-state index < -0.39 is 6.36 Å². The molecule has 0 N–H and O–H groups in total. The van der Waals surface area contributed by atoms with Gasteiger partial charge < -0.3 is 4.74 Å². The summed E-state index contributed by atoms with van der Waals surface area (Å²) in [5.41, 5.74) is 1.89. The second kappa shape index (κ2) is 6.67. The van der Waals surface area contributed by atoms with E-state index in [0.29, 0.717) is 16.7 Å². The summed E-state index contributed by atoms with van der Waals surface area (Å²) < 4.78 is 40.3. The molecule has 0 aliphatic rings. The lowest BCUT2D eigenvalue weighted by atomic mass is 9.98. The van der Waals surface area contributed by atoms with E-state index in [-0.39, 0.29) is 11.3 Å². The van der Waals surface area contributed by atoms with Crippen molar-refractivity contribution < 1.29 is 17.9 Å². The topological polar surface area (TPSA) is 56.8 Å². The van der Waals surface area contributed by atoms with E-state index in [1.807, 2.05) is 0 Å². The van der Waals surface area contributed by atoms with Gasteiger partial charge in [-0.25, -0.2) is 0 Å². The summed E-state index contributed by atoms with van der Waals surface area (Å²) in [6, 6.07) is 15.9. The number of nitriles is 2. The summed E-state index contributed by atoms with van der Waals surface area (Å²) in [6.07, 6.45) is -3.31. The Morgan fingerprint density at radius 3 is 2.13 bits per heavy atom. The minimum Gasteiger partial charge on any atom is -0.406 e. The highest BCUT2D eigenvalue weighted by Gasteiger charge is 2.30. The van der Waals surface area contributed by atoms with Crippen molar-refractivity contribution in [2.24, 2.45) is 0 Å². The molecule has 2 aromatic carbocycles. The van der Waals surface area contributed by atoms with Crippen LogP contribution in [0.2, 0.25) is 0 Å². The van der Waals surface area contributed by atoms with Gasteiger partial charge in [0.15, 0.2) is 0 Å². The van der Waals surface area contributed by atoms with E-state index >= 15 is 0 Å². The predicted octanol–water partition coefficient (Wildman–Crippen LogP) is 4.68. The number of halogens is 3. The molecule has 0 fully saturated rings. The van der Waals surface area contributed by atoms with Crippen LogP contribution >= 0.6 is 0 Å². The van der Waals surface area contributed by atoms with Gasteiger partial charge in [-0.05, 0) is 34.9 Å². The molecule has 2 aromatic rings. The van der Waals surface area contributed by atoms with Gasteiger partial charge in [0, 0.05) is 0 Å². The largest absolute Gasteiger partial charge is 0.573 e.